The van der Waals surface area contributed by atoms with Crippen molar-refractivity contribution in [2.75, 3.05) is 7.05 Å². The molecule has 0 radical (unpaired) electrons. The number of halogens is 1. The van der Waals surface area contributed by atoms with Gasteiger partial charge in [0.15, 0.2) is 0 Å². The SMILES string of the molecule is CNS(=O)(=O)c1cc(F)cc(C#N)c1. The van der Waals surface area contributed by atoms with Crippen LogP contribution in [0.2, 0.25) is 0 Å². The topological polar surface area (TPSA) is 70.0 Å². The van der Waals surface area contributed by atoms with Crippen LogP contribution in [0, 0.1) is 17.1 Å². The summed E-state index contributed by atoms with van der Waals surface area (Å²) in [7, 11) is -2.48. The smallest absolute Gasteiger partial charge is 0.214 e. The highest BCUT2D eigenvalue weighted by Gasteiger charge is 2.13. The van der Waals surface area contributed by atoms with Gasteiger partial charge in [-0.3, -0.25) is 0 Å². The number of nitrogens with one attached hydrogen (secondary N) is 1. The standard InChI is InChI=1S/C8H7FN2O2S/c1-11-14(12,13)8-3-6(5-10)2-7(9)4-8/h2-4,11H,1H3. The van der Waals surface area contributed by atoms with E-state index in [0.717, 1.165) is 18.2 Å². The Kier molecular flexibility index (Phi) is 2.84. The molecule has 0 saturated carbocycles. The molecule has 4 nitrogen and oxygen atoms in total. The van der Waals surface area contributed by atoms with Crippen molar-refractivity contribution in [2.45, 2.75) is 4.90 Å². The first-order valence-corrected chi connectivity index (χ1v) is 5.12. The van der Waals surface area contributed by atoms with Crippen molar-refractivity contribution in [1.82, 2.24) is 4.72 Å². The molecule has 1 aromatic carbocycles. The monoisotopic (exact) mass is 214 g/mol. The Hall–Kier alpha value is -1.45. The number of sulfonamides is 1. The van der Waals surface area contributed by atoms with Gasteiger partial charge in [-0.15, -0.1) is 0 Å². The maximum atomic E-state index is 12.8. The molecule has 0 fully saturated rings. The molecule has 0 bridgehead atoms. The zero-order valence-corrected chi connectivity index (χ0v) is 8.10. The van der Waals surface area contributed by atoms with Gasteiger partial charge in [-0.2, -0.15) is 5.26 Å². The molecule has 0 aromatic heterocycles. The van der Waals surface area contributed by atoms with Crippen LogP contribution < -0.4 is 4.72 Å². The summed E-state index contributed by atoms with van der Waals surface area (Å²) in [5.41, 5.74) is -0.0289. The third kappa shape index (κ3) is 2.07. The van der Waals surface area contributed by atoms with E-state index in [9.17, 15) is 12.8 Å². The van der Waals surface area contributed by atoms with Gasteiger partial charge in [-0.05, 0) is 25.2 Å². The lowest BCUT2D eigenvalue weighted by Gasteiger charge is -2.02. The molecule has 0 unspecified atom stereocenters. The lowest BCUT2D eigenvalue weighted by atomic mass is 10.2. The van der Waals surface area contributed by atoms with Crippen LogP contribution in [0.15, 0.2) is 23.1 Å². The van der Waals surface area contributed by atoms with E-state index in [2.05, 4.69) is 0 Å². The lowest BCUT2D eigenvalue weighted by Crippen LogP contribution is -2.18. The molecule has 0 spiro atoms. The molecule has 14 heavy (non-hydrogen) atoms. The van der Waals surface area contributed by atoms with Crippen LogP contribution in [0.3, 0.4) is 0 Å². The van der Waals surface area contributed by atoms with Gasteiger partial charge in [0.2, 0.25) is 10.0 Å². The van der Waals surface area contributed by atoms with E-state index in [0.29, 0.717) is 0 Å². The van der Waals surface area contributed by atoms with Gasteiger partial charge in [0.05, 0.1) is 16.5 Å². The van der Waals surface area contributed by atoms with Gasteiger partial charge in [0.1, 0.15) is 5.82 Å². The van der Waals surface area contributed by atoms with Crippen molar-refractivity contribution in [3.05, 3.63) is 29.6 Å². The van der Waals surface area contributed by atoms with Crippen LogP contribution in [0.4, 0.5) is 4.39 Å². The fourth-order valence-electron chi connectivity index (χ4n) is 0.900. The highest BCUT2D eigenvalue weighted by Crippen LogP contribution is 2.13. The van der Waals surface area contributed by atoms with Gasteiger partial charge in [-0.25, -0.2) is 17.5 Å². The summed E-state index contributed by atoms with van der Waals surface area (Å²) in [4.78, 5) is -0.253. The van der Waals surface area contributed by atoms with Gasteiger partial charge in [0.25, 0.3) is 0 Å². The first-order valence-electron chi connectivity index (χ1n) is 3.64. The summed E-state index contributed by atoms with van der Waals surface area (Å²) in [6.07, 6.45) is 0. The number of nitrogens with zero attached hydrogens (tertiary/aromatic N) is 1. The molecule has 1 N–H and O–H groups in total. The molecule has 0 saturated heterocycles. The maximum absolute atomic E-state index is 12.8. The minimum Gasteiger partial charge on any atom is -0.214 e. The van der Waals surface area contributed by atoms with Crippen LogP contribution in [0.25, 0.3) is 0 Å². The fourth-order valence-corrected chi connectivity index (χ4v) is 1.69. The average Bonchev–Trinajstić information content (AvgIpc) is 2.16. The Morgan fingerprint density at radius 1 is 1.43 bits per heavy atom. The van der Waals surface area contributed by atoms with E-state index in [1.165, 1.54) is 7.05 Å². The molecule has 0 amide bonds. The molecule has 1 aromatic rings. The Morgan fingerprint density at radius 3 is 2.57 bits per heavy atom. The molecule has 6 heteroatoms. The van der Waals surface area contributed by atoms with Crippen molar-refractivity contribution in [3.63, 3.8) is 0 Å². The van der Waals surface area contributed by atoms with E-state index < -0.39 is 15.8 Å². The van der Waals surface area contributed by atoms with E-state index >= 15 is 0 Å². The summed E-state index contributed by atoms with van der Waals surface area (Å²) in [6, 6.07) is 4.60. The van der Waals surface area contributed by atoms with Crippen LogP contribution in [-0.2, 0) is 10.0 Å². The second-order valence-electron chi connectivity index (χ2n) is 2.49. The van der Waals surface area contributed by atoms with Crippen LogP contribution >= 0.6 is 0 Å². The quantitative estimate of drug-likeness (QED) is 0.783. The van der Waals surface area contributed by atoms with E-state index in [1.807, 2.05) is 4.72 Å². The molecule has 1 rings (SSSR count). The first kappa shape index (κ1) is 10.6. The predicted octanol–water partition coefficient (Wildman–Crippen LogP) is 0.605. The Labute approximate surface area is 81.0 Å². The van der Waals surface area contributed by atoms with Crippen molar-refractivity contribution < 1.29 is 12.8 Å². The number of hydrogen-bond donors (Lipinski definition) is 1. The van der Waals surface area contributed by atoms with Crippen LogP contribution in [0.1, 0.15) is 5.56 Å². The zero-order valence-electron chi connectivity index (χ0n) is 7.28. The Morgan fingerprint density at radius 2 is 2.07 bits per heavy atom. The number of benzene rings is 1. The molecule has 0 aliphatic rings. The van der Waals surface area contributed by atoms with E-state index in [4.69, 9.17) is 5.26 Å². The van der Waals surface area contributed by atoms with E-state index in [-0.39, 0.29) is 10.5 Å². The van der Waals surface area contributed by atoms with Crippen LogP contribution in [-0.4, -0.2) is 15.5 Å². The van der Waals surface area contributed by atoms with Crippen molar-refractivity contribution in [2.24, 2.45) is 0 Å². The van der Waals surface area contributed by atoms with Crippen LogP contribution in [0.5, 0.6) is 0 Å². The normalized spacial score (nSPS) is 10.9. The molecule has 0 atom stereocenters. The molecule has 0 heterocycles. The summed E-state index contributed by atoms with van der Waals surface area (Å²) in [6.45, 7) is 0. The lowest BCUT2D eigenvalue weighted by molar-refractivity contribution is 0.583. The molecule has 0 aliphatic carbocycles. The van der Waals surface area contributed by atoms with Crippen molar-refractivity contribution in [1.29, 1.82) is 5.26 Å². The maximum Gasteiger partial charge on any atom is 0.240 e. The Balaban J connectivity index is 3.39. The highest BCUT2D eigenvalue weighted by molar-refractivity contribution is 7.89. The van der Waals surface area contributed by atoms with Gasteiger partial charge < -0.3 is 0 Å². The zero-order chi connectivity index (χ0) is 10.8. The average molecular weight is 214 g/mol. The van der Waals surface area contributed by atoms with Gasteiger partial charge in [0, 0.05) is 0 Å². The molecular formula is C8H7FN2O2S. The third-order valence-electron chi connectivity index (χ3n) is 1.58. The second-order valence-corrected chi connectivity index (χ2v) is 4.38. The van der Waals surface area contributed by atoms with Gasteiger partial charge in [-0.1, -0.05) is 0 Å². The number of rotatable bonds is 2. The summed E-state index contributed by atoms with van der Waals surface area (Å²) >= 11 is 0. The summed E-state index contributed by atoms with van der Waals surface area (Å²) in [5.74, 6) is -0.752. The number of hydrogen-bond acceptors (Lipinski definition) is 3. The highest BCUT2D eigenvalue weighted by atomic mass is 32.2. The number of nitriles is 1. The molecule has 0 aliphatic heterocycles. The van der Waals surface area contributed by atoms with Crippen molar-refractivity contribution in [3.8, 4) is 6.07 Å². The third-order valence-corrected chi connectivity index (χ3v) is 2.97. The summed E-state index contributed by atoms with van der Waals surface area (Å²) in [5, 5.41) is 8.49. The molecule has 74 valence electrons. The summed E-state index contributed by atoms with van der Waals surface area (Å²) < 4.78 is 37.3. The van der Waals surface area contributed by atoms with Crippen molar-refractivity contribution >= 4 is 10.0 Å². The predicted molar refractivity (Wildman–Crippen MR) is 47.4 cm³/mol. The molecular weight excluding hydrogens is 207 g/mol. The first-order chi connectivity index (χ1) is 6.49. The fraction of sp³-hybridized carbons (Fsp3) is 0.125. The van der Waals surface area contributed by atoms with E-state index in [1.54, 1.807) is 6.07 Å². The largest absolute Gasteiger partial charge is 0.240 e. The van der Waals surface area contributed by atoms with Gasteiger partial charge >= 0.3 is 0 Å². The Bertz CT molecular complexity index is 491. The minimum absolute atomic E-state index is 0.0289. The second kappa shape index (κ2) is 3.74. The minimum atomic E-state index is -3.69.